The second kappa shape index (κ2) is 8.22. The van der Waals surface area contributed by atoms with E-state index in [9.17, 15) is 19.5 Å². The Kier molecular flexibility index (Phi) is 5.74. The Balaban J connectivity index is 1.77. The summed E-state index contributed by atoms with van der Waals surface area (Å²) in [5.74, 6) is -3.09. The van der Waals surface area contributed by atoms with Crippen LogP contribution >= 0.6 is 11.3 Å². The molecule has 3 rings (SSSR count). The molecule has 1 aromatic heterocycles. The Hall–Kier alpha value is -3.20. The maximum absolute atomic E-state index is 12.8. The molecule has 28 heavy (non-hydrogen) atoms. The van der Waals surface area contributed by atoms with E-state index < -0.39 is 29.9 Å². The average molecular weight is 401 g/mol. The first kappa shape index (κ1) is 19.6. The van der Waals surface area contributed by atoms with Gasteiger partial charge in [-0.15, -0.1) is 11.3 Å². The Morgan fingerprint density at radius 3 is 2.71 bits per heavy atom. The smallest absolute Gasteiger partial charge is 0.322 e. The Morgan fingerprint density at radius 1 is 1.32 bits per heavy atom. The third kappa shape index (κ3) is 4.20. The Labute approximate surface area is 165 Å². The number of carboxylic acids is 1. The van der Waals surface area contributed by atoms with Crippen LogP contribution in [0.15, 0.2) is 47.9 Å². The number of nitrogens with zero attached hydrogens (tertiary/aromatic N) is 2. The molecule has 1 atom stereocenters. The number of aliphatic carboxylic acids is 1. The van der Waals surface area contributed by atoms with Gasteiger partial charge in [-0.05, 0) is 6.92 Å². The monoisotopic (exact) mass is 401 g/mol. The lowest BCUT2D eigenvalue weighted by atomic mass is 10.00. The largest absolute Gasteiger partial charge is 0.511 e. The van der Waals surface area contributed by atoms with Crippen LogP contribution in [0, 0.1) is 0 Å². The molecule has 0 spiro atoms. The van der Waals surface area contributed by atoms with Crippen LogP contribution in [0.25, 0.3) is 10.6 Å². The minimum atomic E-state index is -1.24. The van der Waals surface area contributed by atoms with Crippen LogP contribution in [-0.4, -0.2) is 50.5 Å². The predicted octanol–water partition coefficient (Wildman–Crippen LogP) is 1.94. The van der Waals surface area contributed by atoms with E-state index in [0.29, 0.717) is 0 Å². The van der Waals surface area contributed by atoms with Crippen LogP contribution in [0.1, 0.15) is 18.2 Å². The SMILES string of the molecule is CC1CC(O)=C(C(=O)NCC(=O)O)C(=O)N1Cc1cnc(-c2ccccc2)s1. The second-order valence-electron chi connectivity index (χ2n) is 6.38. The number of carboxylic acid groups (broad SMARTS) is 1. The molecule has 2 heterocycles. The molecule has 0 saturated heterocycles. The van der Waals surface area contributed by atoms with Crippen LogP contribution in [0.3, 0.4) is 0 Å². The van der Waals surface area contributed by atoms with Gasteiger partial charge in [0, 0.05) is 29.1 Å². The van der Waals surface area contributed by atoms with E-state index in [0.717, 1.165) is 15.4 Å². The van der Waals surface area contributed by atoms with Crippen molar-refractivity contribution in [1.82, 2.24) is 15.2 Å². The number of aliphatic hydroxyl groups is 1. The number of benzene rings is 1. The lowest BCUT2D eigenvalue weighted by Gasteiger charge is -2.33. The number of carbonyl (C=O) groups excluding carboxylic acids is 2. The highest BCUT2D eigenvalue weighted by Crippen LogP contribution is 2.29. The maximum Gasteiger partial charge on any atom is 0.322 e. The summed E-state index contributed by atoms with van der Waals surface area (Å²) in [6.07, 6.45) is 1.81. The highest BCUT2D eigenvalue weighted by molar-refractivity contribution is 7.15. The van der Waals surface area contributed by atoms with Gasteiger partial charge in [0.15, 0.2) is 0 Å². The normalized spacial score (nSPS) is 17.0. The molecule has 2 amide bonds. The van der Waals surface area contributed by atoms with E-state index in [1.165, 1.54) is 16.2 Å². The summed E-state index contributed by atoms with van der Waals surface area (Å²) in [6.45, 7) is 1.39. The number of aliphatic hydroxyl groups excluding tert-OH is 1. The summed E-state index contributed by atoms with van der Waals surface area (Å²) in [6, 6.07) is 9.34. The zero-order valence-corrected chi connectivity index (χ0v) is 15.9. The Morgan fingerprint density at radius 2 is 2.04 bits per heavy atom. The molecule has 0 bridgehead atoms. The van der Waals surface area contributed by atoms with E-state index in [4.69, 9.17) is 5.11 Å². The van der Waals surface area contributed by atoms with Gasteiger partial charge in [-0.2, -0.15) is 0 Å². The molecule has 0 saturated carbocycles. The predicted molar refractivity (Wildman–Crippen MR) is 102 cm³/mol. The van der Waals surface area contributed by atoms with Crippen molar-refractivity contribution in [3.63, 3.8) is 0 Å². The van der Waals surface area contributed by atoms with Gasteiger partial charge >= 0.3 is 5.97 Å². The fraction of sp³-hybridized carbons (Fsp3) is 0.263. The number of rotatable bonds is 6. The average Bonchev–Trinajstić information content (AvgIpc) is 3.13. The number of hydrogen-bond donors (Lipinski definition) is 3. The fourth-order valence-electron chi connectivity index (χ4n) is 2.92. The number of hydrogen-bond acceptors (Lipinski definition) is 6. The van der Waals surface area contributed by atoms with Crippen LogP contribution in [0.2, 0.25) is 0 Å². The summed E-state index contributed by atoms with van der Waals surface area (Å²) < 4.78 is 0. The first-order chi connectivity index (χ1) is 13.4. The number of nitrogens with one attached hydrogen (secondary N) is 1. The molecular weight excluding hydrogens is 382 g/mol. The zero-order chi connectivity index (χ0) is 20.3. The molecule has 0 aliphatic carbocycles. The molecule has 2 aromatic rings. The van der Waals surface area contributed by atoms with Gasteiger partial charge in [0.25, 0.3) is 11.8 Å². The van der Waals surface area contributed by atoms with Gasteiger partial charge in [0.2, 0.25) is 0 Å². The summed E-state index contributed by atoms with van der Waals surface area (Å²) >= 11 is 1.45. The zero-order valence-electron chi connectivity index (χ0n) is 15.1. The van der Waals surface area contributed by atoms with Crippen molar-refractivity contribution in [3.05, 3.63) is 52.7 Å². The van der Waals surface area contributed by atoms with E-state index in [-0.39, 0.29) is 24.8 Å². The summed E-state index contributed by atoms with van der Waals surface area (Å²) in [5, 5.41) is 21.7. The van der Waals surface area contributed by atoms with E-state index in [1.54, 1.807) is 13.1 Å². The van der Waals surface area contributed by atoms with Gasteiger partial charge in [0.1, 0.15) is 22.9 Å². The van der Waals surface area contributed by atoms with Crippen LogP contribution in [0.5, 0.6) is 0 Å². The second-order valence-corrected chi connectivity index (χ2v) is 7.50. The maximum atomic E-state index is 12.8. The lowest BCUT2D eigenvalue weighted by molar-refractivity contribution is -0.139. The molecule has 0 radical (unpaired) electrons. The summed E-state index contributed by atoms with van der Waals surface area (Å²) in [4.78, 5) is 42.3. The van der Waals surface area contributed by atoms with Gasteiger partial charge in [0.05, 0.1) is 6.54 Å². The first-order valence-electron chi connectivity index (χ1n) is 8.60. The minimum absolute atomic E-state index is 0.117. The van der Waals surface area contributed by atoms with E-state index in [2.05, 4.69) is 10.3 Å². The fourth-order valence-corrected chi connectivity index (χ4v) is 3.84. The summed E-state index contributed by atoms with van der Waals surface area (Å²) in [7, 11) is 0. The van der Waals surface area contributed by atoms with Gasteiger partial charge < -0.3 is 20.4 Å². The van der Waals surface area contributed by atoms with Crippen molar-refractivity contribution in [1.29, 1.82) is 0 Å². The lowest BCUT2D eigenvalue weighted by Crippen LogP contribution is -2.47. The molecule has 8 nitrogen and oxygen atoms in total. The first-order valence-corrected chi connectivity index (χ1v) is 9.41. The van der Waals surface area contributed by atoms with E-state index in [1.807, 2.05) is 30.3 Å². The molecule has 1 aliphatic rings. The summed E-state index contributed by atoms with van der Waals surface area (Å²) in [5.41, 5.74) is 0.565. The third-order valence-corrected chi connectivity index (χ3v) is 5.34. The van der Waals surface area contributed by atoms with Gasteiger partial charge in [-0.1, -0.05) is 30.3 Å². The molecular formula is C19H19N3O5S. The molecule has 1 aliphatic heterocycles. The molecule has 1 aromatic carbocycles. The van der Waals surface area contributed by atoms with Gasteiger partial charge in [-0.3, -0.25) is 14.4 Å². The number of carbonyl (C=O) groups is 3. The highest BCUT2D eigenvalue weighted by Gasteiger charge is 2.36. The molecule has 9 heteroatoms. The molecule has 0 fully saturated rings. The van der Waals surface area contributed by atoms with Crippen molar-refractivity contribution < 1.29 is 24.6 Å². The van der Waals surface area contributed by atoms with Crippen LogP contribution in [-0.2, 0) is 20.9 Å². The molecule has 146 valence electrons. The Bertz CT molecular complexity index is 938. The van der Waals surface area contributed by atoms with Crippen molar-refractivity contribution in [2.24, 2.45) is 0 Å². The van der Waals surface area contributed by atoms with Crippen molar-refractivity contribution in [3.8, 4) is 10.6 Å². The van der Waals surface area contributed by atoms with Crippen molar-refractivity contribution in [2.45, 2.75) is 25.9 Å². The quantitative estimate of drug-likeness (QED) is 0.637. The van der Waals surface area contributed by atoms with Crippen molar-refractivity contribution >= 4 is 29.1 Å². The molecule has 1 unspecified atom stereocenters. The third-order valence-electron chi connectivity index (χ3n) is 4.31. The standard InChI is InChI=1S/C19H19N3O5S/c1-11-7-14(23)16(17(26)20-9-15(24)25)19(27)22(11)10-13-8-21-18(28-13)12-5-3-2-4-6-12/h2-6,8,11,23H,7,9-10H2,1H3,(H,20,26)(H,24,25). The highest BCUT2D eigenvalue weighted by atomic mass is 32.1. The van der Waals surface area contributed by atoms with Gasteiger partial charge in [-0.25, -0.2) is 4.98 Å². The van der Waals surface area contributed by atoms with E-state index >= 15 is 0 Å². The van der Waals surface area contributed by atoms with Crippen LogP contribution < -0.4 is 5.32 Å². The van der Waals surface area contributed by atoms with Crippen molar-refractivity contribution in [2.75, 3.05) is 6.54 Å². The number of amides is 2. The number of thiazole rings is 1. The van der Waals surface area contributed by atoms with Crippen LogP contribution in [0.4, 0.5) is 0 Å². The minimum Gasteiger partial charge on any atom is -0.511 e. The molecule has 3 N–H and O–H groups in total. The number of aromatic nitrogens is 1. The topological polar surface area (TPSA) is 120 Å².